The van der Waals surface area contributed by atoms with Crippen LogP contribution in [0, 0.1) is 5.92 Å². The number of ether oxygens (including phenoxy) is 2. The van der Waals surface area contributed by atoms with Crippen LogP contribution in [0.5, 0.6) is 0 Å². The van der Waals surface area contributed by atoms with Crippen molar-refractivity contribution in [1.82, 2.24) is 0 Å². The van der Waals surface area contributed by atoms with Gasteiger partial charge < -0.3 is 9.47 Å². The first kappa shape index (κ1) is 29.4. The second kappa shape index (κ2) is 23.1. The maximum absolute atomic E-state index is 12.5. The van der Waals surface area contributed by atoms with E-state index in [0.29, 0.717) is 26.1 Å². The molecule has 0 aromatic rings. The summed E-state index contributed by atoms with van der Waals surface area (Å²) >= 11 is 3.39. The minimum Gasteiger partial charge on any atom is -0.466 e. The molecule has 0 saturated heterocycles. The Morgan fingerprint density at radius 1 is 0.667 bits per heavy atom. The van der Waals surface area contributed by atoms with E-state index in [2.05, 4.69) is 29.8 Å². The number of hydrogen-bond acceptors (Lipinski definition) is 4. The lowest BCUT2D eigenvalue weighted by molar-refractivity contribution is -0.150. The average Bonchev–Trinajstić information content (AvgIpc) is 2.74. The average molecular weight is 492 g/mol. The molecule has 0 aromatic heterocycles. The van der Waals surface area contributed by atoms with Crippen molar-refractivity contribution in [2.45, 2.75) is 123 Å². The van der Waals surface area contributed by atoms with Gasteiger partial charge in [0.05, 0.1) is 19.1 Å². The number of unbranched alkanes of at least 4 members (excludes halogenated alkanes) is 10. The predicted molar refractivity (Wildman–Crippen MR) is 129 cm³/mol. The van der Waals surface area contributed by atoms with Crippen molar-refractivity contribution < 1.29 is 19.1 Å². The maximum Gasteiger partial charge on any atom is 0.308 e. The van der Waals surface area contributed by atoms with E-state index < -0.39 is 0 Å². The van der Waals surface area contributed by atoms with E-state index in [4.69, 9.17) is 9.47 Å². The molecule has 5 heteroatoms. The quantitative estimate of drug-likeness (QED) is 0.0882. The van der Waals surface area contributed by atoms with Gasteiger partial charge in [-0.3, -0.25) is 9.59 Å². The summed E-state index contributed by atoms with van der Waals surface area (Å²) in [5.74, 6) is -0.166. The van der Waals surface area contributed by atoms with E-state index in [1.54, 1.807) is 0 Å². The molecule has 178 valence electrons. The fourth-order valence-corrected chi connectivity index (χ4v) is 3.91. The van der Waals surface area contributed by atoms with Crippen LogP contribution in [-0.4, -0.2) is 30.5 Å². The molecule has 0 amide bonds. The van der Waals surface area contributed by atoms with Crippen LogP contribution in [0.4, 0.5) is 0 Å². The van der Waals surface area contributed by atoms with Gasteiger partial charge in [0.15, 0.2) is 0 Å². The van der Waals surface area contributed by atoms with Crippen molar-refractivity contribution in [2.24, 2.45) is 5.92 Å². The fourth-order valence-electron chi connectivity index (χ4n) is 3.52. The molecule has 0 aliphatic rings. The Labute approximate surface area is 194 Å². The normalized spacial score (nSPS) is 11.1. The van der Waals surface area contributed by atoms with Crippen LogP contribution < -0.4 is 0 Å². The maximum atomic E-state index is 12.5. The summed E-state index contributed by atoms with van der Waals surface area (Å²) in [4.78, 5) is 24.2. The third kappa shape index (κ3) is 19.4. The lowest BCUT2D eigenvalue weighted by Crippen LogP contribution is -2.19. The molecular formula is C25H47BrO4. The van der Waals surface area contributed by atoms with E-state index in [1.165, 1.54) is 51.4 Å². The number of rotatable bonds is 22. The summed E-state index contributed by atoms with van der Waals surface area (Å²) in [6.45, 7) is 5.12. The third-order valence-corrected chi connectivity index (χ3v) is 6.02. The van der Waals surface area contributed by atoms with E-state index in [9.17, 15) is 9.59 Å². The molecule has 0 spiro atoms. The van der Waals surface area contributed by atoms with Gasteiger partial charge in [0.1, 0.15) is 0 Å². The van der Waals surface area contributed by atoms with Crippen LogP contribution >= 0.6 is 15.9 Å². The first-order valence-electron chi connectivity index (χ1n) is 12.5. The van der Waals surface area contributed by atoms with Crippen LogP contribution in [0.25, 0.3) is 0 Å². The number of alkyl halides is 1. The van der Waals surface area contributed by atoms with Gasteiger partial charge in [-0.1, -0.05) is 100 Å². The smallest absolute Gasteiger partial charge is 0.308 e. The predicted octanol–water partition coefficient (Wildman–Crippen LogP) is 7.76. The largest absolute Gasteiger partial charge is 0.466 e. The number of hydrogen-bond donors (Lipinski definition) is 0. The van der Waals surface area contributed by atoms with Crippen LogP contribution in [-0.2, 0) is 19.1 Å². The highest BCUT2D eigenvalue weighted by Crippen LogP contribution is 2.20. The van der Waals surface area contributed by atoms with Gasteiger partial charge in [-0.2, -0.15) is 0 Å². The Morgan fingerprint density at radius 2 is 1.20 bits per heavy atom. The van der Waals surface area contributed by atoms with Crippen molar-refractivity contribution in [3.05, 3.63) is 0 Å². The summed E-state index contributed by atoms with van der Waals surface area (Å²) < 4.78 is 10.7. The lowest BCUT2D eigenvalue weighted by Gasteiger charge is -2.16. The molecule has 0 heterocycles. The monoisotopic (exact) mass is 490 g/mol. The van der Waals surface area contributed by atoms with Gasteiger partial charge in [0.2, 0.25) is 0 Å². The third-order valence-electron chi connectivity index (χ3n) is 5.46. The van der Waals surface area contributed by atoms with Gasteiger partial charge in [-0.05, 0) is 25.7 Å². The van der Waals surface area contributed by atoms with E-state index in [-0.39, 0.29) is 17.9 Å². The van der Waals surface area contributed by atoms with Crippen molar-refractivity contribution in [1.29, 1.82) is 0 Å². The lowest BCUT2D eigenvalue weighted by atomic mass is 9.94. The molecule has 30 heavy (non-hydrogen) atoms. The summed E-state index contributed by atoms with van der Waals surface area (Å²) in [6.07, 6.45) is 18.1. The van der Waals surface area contributed by atoms with Gasteiger partial charge in [-0.25, -0.2) is 0 Å². The van der Waals surface area contributed by atoms with E-state index in [1.807, 2.05) is 0 Å². The first-order valence-corrected chi connectivity index (χ1v) is 13.7. The Hall–Kier alpha value is -0.580. The second-order valence-electron chi connectivity index (χ2n) is 8.34. The molecule has 0 N–H and O–H groups in total. The van der Waals surface area contributed by atoms with Crippen molar-refractivity contribution >= 4 is 27.9 Å². The Bertz CT molecular complexity index is 387. The zero-order chi connectivity index (χ0) is 22.3. The molecule has 0 aliphatic carbocycles. The Kier molecular flexibility index (Phi) is 22.6. The Balaban J connectivity index is 4.02. The summed E-state index contributed by atoms with van der Waals surface area (Å²) in [5, 5.41) is 0.978. The summed E-state index contributed by atoms with van der Waals surface area (Å²) in [7, 11) is 0. The van der Waals surface area contributed by atoms with E-state index >= 15 is 0 Å². The number of carbonyl (C=O) groups excluding carboxylic acids is 2. The van der Waals surface area contributed by atoms with Crippen molar-refractivity contribution in [2.75, 3.05) is 18.5 Å². The van der Waals surface area contributed by atoms with Gasteiger partial charge in [0, 0.05) is 18.2 Å². The first-order chi connectivity index (χ1) is 14.7. The van der Waals surface area contributed by atoms with Crippen LogP contribution in [0.3, 0.4) is 0 Å². The molecule has 0 rings (SSSR count). The van der Waals surface area contributed by atoms with Crippen LogP contribution in [0.1, 0.15) is 123 Å². The molecule has 0 unspecified atom stereocenters. The summed E-state index contributed by atoms with van der Waals surface area (Å²) in [6, 6.07) is 0. The molecule has 0 fully saturated rings. The van der Waals surface area contributed by atoms with Crippen LogP contribution in [0.2, 0.25) is 0 Å². The molecule has 0 radical (unpaired) electrons. The Morgan fingerprint density at radius 3 is 1.77 bits per heavy atom. The van der Waals surface area contributed by atoms with Gasteiger partial charge >= 0.3 is 11.9 Å². The molecule has 0 saturated carbocycles. The van der Waals surface area contributed by atoms with Gasteiger partial charge in [-0.15, -0.1) is 0 Å². The molecule has 0 aliphatic heterocycles. The van der Waals surface area contributed by atoms with E-state index in [0.717, 1.165) is 50.3 Å². The highest BCUT2D eigenvalue weighted by molar-refractivity contribution is 9.09. The topological polar surface area (TPSA) is 52.6 Å². The molecule has 0 atom stereocenters. The fraction of sp³-hybridized carbons (Fsp3) is 0.920. The molecule has 4 nitrogen and oxygen atoms in total. The zero-order valence-corrected chi connectivity index (χ0v) is 21.3. The number of halogens is 1. The minimum absolute atomic E-state index is 0.0326. The zero-order valence-electron chi connectivity index (χ0n) is 19.7. The van der Waals surface area contributed by atoms with Crippen LogP contribution in [0.15, 0.2) is 0 Å². The van der Waals surface area contributed by atoms with Crippen molar-refractivity contribution in [3.63, 3.8) is 0 Å². The molecular weight excluding hydrogens is 444 g/mol. The highest BCUT2D eigenvalue weighted by atomic mass is 79.9. The SMILES string of the molecule is CCCCCCCC(CCCCCCC)C(=O)OCCCOC(=O)CCCCCBr. The summed E-state index contributed by atoms with van der Waals surface area (Å²) in [5.41, 5.74) is 0. The highest BCUT2D eigenvalue weighted by Gasteiger charge is 2.19. The second-order valence-corrected chi connectivity index (χ2v) is 9.14. The number of carbonyl (C=O) groups is 2. The van der Waals surface area contributed by atoms with Gasteiger partial charge in [0.25, 0.3) is 0 Å². The minimum atomic E-state index is -0.145. The standard InChI is InChI=1S/C25H47BrO4/c1-3-5-7-9-12-17-23(18-13-10-8-6-4-2)25(28)30-22-16-21-29-24(27)19-14-11-15-20-26/h23H,3-22H2,1-2H3. The van der Waals surface area contributed by atoms with Crippen molar-refractivity contribution in [3.8, 4) is 0 Å². The number of esters is 2. The molecule has 0 aromatic carbocycles. The molecule has 0 bridgehead atoms.